The van der Waals surface area contributed by atoms with Gasteiger partial charge in [0.2, 0.25) is 5.91 Å². The van der Waals surface area contributed by atoms with E-state index in [2.05, 4.69) is 0 Å². The molecule has 1 fully saturated rings. The van der Waals surface area contributed by atoms with Crippen molar-refractivity contribution >= 4 is 29.9 Å². The Morgan fingerprint density at radius 1 is 1.36 bits per heavy atom. The molecule has 22 heavy (non-hydrogen) atoms. The first-order valence-electron chi connectivity index (χ1n) is 7.44. The number of carbonyl (C=O) groups excluding carboxylic acids is 1. The molecule has 3 N–H and O–H groups in total. The lowest BCUT2D eigenvalue weighted by molar-refractivity contribution is -0.133. The number of halogens is 2. The minimum Gasteiger partial charge on any atom is -0.388 e. The molecule has 124 valence electrons. The third-order valence-corrected chi connectivity index (χ3v) is 4.30. The molecule has 1 aromatic carbocycles. The number of nitrogens with zero attached hydrogens (tertiary/aromatic N) is 1. The normalized spacial score (nSPS) is 18.5. The molecule has 0 saturated carbocycles. The Morgan fingerprint density at radius 2 is 1.91 bits per heavy atom. The first kappa shape index (κ1) is 19.2. The molecule has 1 amide bonds. The molecule has 2 unspecified atom stereocenters. The number of rotatable bonds is 4. The first-order chi connectivity index (χ1) is 9.97. The molecule has 1 saturated heterocycles. The zero-order valence-corrected chi connectivity index (χ0v) is 14.3. The summed E-state index contributed by atoms with van der Waals surface area (Å²) in [7, 11) is 0. The van der Waals surface area contributed by atoms with Crippen LogP contribution in [0.15, 0.2) is 24.3 Å². The van der Waals surface area contributed by atoms with Gasteiger partial charge in [-0.05, 0) is 43.4 Å². The van der Waals surface area contributed by atoms with E-state index < -0.39 is 6.10 Å². The van der Waals surface area contributed by atoms with Crippen LogP contribution in [0.4, 0.5) is 0 Å². The van der Waals surface area contributed by atoms with E-state index in [-0.39, 0.29) is 30.3 Å². The van der Waals surface area contributed by atoms with Crippen LogP contribution in [-0.2, 0) is 4.79 Å². The fourth-order valence-corrected chi connectivity index (χ4v) is 2.93. The molecule has 0 bridgehead atoms. The summed E-state index contributed by atoms with van der Waals surface area (Å²) in [6.07, 6.45) is 1.53. The van der Waals surface area contributed by atoms with Crippen molar-refractivity contribution < 1.29 is 9.90 Å². The lowest BCUT2D eigenvalue weighted by atomic mass is 9.87. The summed E-state index contributed by atoms with van der Waals surface area (Å²) in [5.74, 6) is 0.301. The molecule has 1 aromatic rings. The Balaban J connectivity index is 0.00000242. The van der Waals surface area contributed by atoms with Crippen molar-refractivity contribution in [3.05, 3.63) is 34.9 Å². The zero-order chi connectivity index (χ0) is 15.4. The van der Waals surface area contributed by atoms with Gasteiger partial charge in [0, 0.05) is 30.6 Å². The maximum absolute atomic E-state index is 12.0. The SMILES string of the molecule is CC(N)CC(=O)N1CCC(C(O)c2ccc(Cl)cc2)CC1.Cl. The third kappa shape index (κ3) is 5.13. The number of hydrogen-bond donors (Lipinski definition) is 2. The van der Waals surface area contributed by atoms with Gasteiger partial charge in [-0.3, -0.25) is 4.79 Å². The predicted molar refractivity (Wildman–Crippen MR) is 91.2 cm³/mol. The van der Waals surface area contributed by atoms with Gasteiger partial charge in [-0.1, -0.05) is 23.7 Å². The largest absolute Gasteiger partial charge is 0.388 e. The highest BCUT2D eigenvalue weighted by Crippen LogP contribution is 2.31. The fourth-order valence-electron chi connectivity index (χ4n) is 2.80. The van der Waals surface area contributed by atoms with Crippen LogP contribution < -0.4 is 5.73 Å². The number of aliphatic hydroxyl groups is 1. The number of benzene rings is 1. The molecule has 2 atom stereocenters. The van der Waals surface area contributed by atoms with Gasteiger partial charge in [-0.15, -0.1) is 12.4 Å². The summed E-state index contributed by atoms with van der Waals surface area (Å²) in [6.45, 7) is 3.23. The minimum absolute atomic E-state index is 0. The second-order valence-electron chi connectivity index (χ2n) is 5.90. The van der Waals surface area contributed by atoms with E-state index in [1.54, 1.807) is 12.1 Å². The number of amides is 1. The average Bonchev–Trinajstić information content (AvgIpc) is 2.47. The monoisotopic (exact) mass is 346 g/mol. The van der Waals surface area contributed by atoms with Crippen LogP contribution >= 0.6 is 24.0 Å². The molecule has 0 radical (unpaired) electrons. The Labute approximate surface area is 143 Å². The molecule has 1 aliphatic rings. The van der Waals surface area contributed by atoms with Crippen LogP contribution in [-0.4, -0.2) is 35.0 Å². The van der Waals surface area contributed by atoms with E-state index >= 15 is 0 Å². The third-order valence-electron chi connectivity index (χ3n) is 4.05. The molecule has 0 aliphatic carbocycles. The smallest absolute Gasteiger partial charge is 0.224 e. The van der Waals surface area contributed by atoms with Gasteiger partial charge in [0.15, 0.2) is 0 Å². The van der Waals surface area contributed by atoms with Gasteiger partial charge >= 0.3 is 0 Å². The fraction of sp³-hybridized carbons (Fsp3) is 0.562. The van der Waals surface area contributed by atoms with Crippen molar-refractivity contribution in [1.82, 2.24) is 4.90 Å². The maximum Gasteiger partial charge on any atom is 0.224 e. The van der Waals surface area contributed by atoms with Gasteiger partial charge in [0.1, 0.15) is 0 Å². The number of likely N-dealkylation sites (tertiary alicyclic amines) is 1. The number of piperidine rings is 1. The van der Waals surface area contributed by atoms with Crippen LogP contribution in [0.25, 0.3) is 0 Å². The summed E-state index contributed by atoms with van der Waals surface area (Å²) >= 11 is 5.86. The van der Waals surface area contributed by atoms with Gasteiger partial charge in [0.25, 0.3) is 0 Å². The van der Waals surface area contributed by atoms with E-state index in [1.807, 2.05) is 24.0 Å². The molecule has 0 aromatic heterocycles. The van der Waals surface area contributed by atoms with Crippen molar-refractivity contribution in [3.8, 4) is 0 Å². The standard InChI is InChI=1S/C16H23ClN2O2.ClH/c1-11(18)10-15(20)19-8-6-13(7-9-19)16(21)12-2-4-14(17)5-3-12;/h2-5,11,13,16,21H,6-10,18H2,1H3;1H. The number of carbonyl (C=O) groups is 1. The number of hydrogen-bond acceptors (Lipinski definition) is 3. The summed E-state index contributed by atoms with van der Waals surface area (Å²) in [6, 6.07) is 7.21. The summed E-state index contributed by atoms with van der Waals surface area (Å²) in [5.41, 5.74) is 6.55. The van der Waals surface area contributed by atoms with Gasteiger partial charge < -0.3 is 15.7 Å². The van der Waals surface area contributed by atoms with Gasteiger partial charge in [0.05, 0.1) is 6.10 Å². The molecular formula is C16H24Cl2N2O2. The van der Waals surface area contributed by atoms with Crippen molar-refractivity contribution in [2.45, 2.75) is 38.3 Å². The second kappa shape index (κ2) is 8.73. The van der Waals surface area contributed by atoms with Gasteiger partial charge in [-0.2, -0.15) is 0 Å². The minimum atomic E-state index is -0.493. The number of nitrogens with two attached hydrogens (primary N) is 1. The Hall–Kier alpha value is -0.810. The summed E-state index contributed by atoms with van der Waals surface area (Å²) in [5, 5.41) is 11.1. The zero-order valence-electron chi connectivity index (χ0n) is 12.7. The summed E-state index contributed by atoms with van der Waals surface area (Å²) < 4.78 is 0. The molecule has 1 heterocycles. The topological polar surface area (TPSA) is 66.6 Å². The highest BCUT2D eigenvalue weighted by Gasteiger charge is 2.28. The Kier molecular flexibility index (Phi) is 7.63. The van der Waals surface area contributed by atoms with Crippen LogP contribution in [0.5, 0.6) is 0 Å². The molecule has 0 spiro atoms. The van der Waals surface area contributed by atoms with E-state index in [9.17, 15) is 9.90 Å². The molecule has 4 nitrogen and oxygen atoms in total. The molecular weight excluding hydrogens is 323 g/mol. The van der Waals surface area contributed by atoms with Crippen molar-refractivity contribution in [1.29, 1.82) is 0 Å². The van der Waals surface area contributed by atoms with Crippen LogP contribution in [0.3, 0.4) is 0 Å². The van der Waals surface area contributed by atoms with Crippen molar-refractivity contribution in [2.75, 3.05) is 13.1 Å². The molecule has 6 heteroatoms. The van der Waals surface area contributed by atoms with E-state index in [1.165, 1.54) is 0 Å². The van der Waals surface area contributed by atoms with E-state index in [4.69, 9.17) is 17.3 Å². The maximum atomic E-state index is 12.0. The van der Waals surface area contributed by atoms with Crippen LogP contribution in [0.1, 0.15) is 37.9 Å². The predicted octanol–water partition coefficient (Wildman–Crippen LogP) is 2.77. The van der Waals surface area contributed by atoms with E-state index in [0.29, 0.717) is 24.5 Å². The highest BCUT2D eigenvalue weighted by atomic mass is 35.5. The lowest BCUT2D eigenvalue weighted by Gasteiger charge is -2.34. The lowest BCUT2D eigenvalue weighted by Crippen LogP contribution is -2.41. The van der Waals surface area contributed by atoms with Crippen LogP contribution in [0.2, 0.25) is 5.02 Å². The summed E-state index contributed by atoms with van der Waals surface area (Å²) in [4.78, 5) is 13.8. The average molecular weight is 347 g/mol. The molecule has 2 rings (SSSR count). The van der Waals surface area contributed by atoms with Crippen molar-refractivity contribution in [2.24, 2.45) is 11.7 Å². The quantitative estimate of drug-likeness (QED) is 0.880. The molecule has 1 aliphatic heterocycles. The second-order valence-corrected chi connectivity index (χ2v) is 6.33. The highest BCUT2D eigenvalue weighted by molar-refractivity contribution is 6.30. The van der Waals surface area contributed by atoms with E-state index in [0.717, 1.165) is 18.4 Å². The van der Waals surface area contributed by atoms with Gasteiger partial charge in [-0.25, -0.2) is 0 Å². The van der Waals surface area contributed by atoms with Crippen molar-refractivity contribution in [3.63, 3.8) is 0 Å². The first-order valence-corrected chi connectivity index (χ1v) is 7.82. The Bertz CT molecular complexity index is 472. The number of aliphatic hydroxyl groups excluding tert-OH is 1. The van der Waals surface area contributed by atoms with Crippen LogP contribution in [0, 0.1) is 5.92 Å². The Morgan fingerprint density at radius 3 is 2.41 bits per heavy atom.